The number of amides is 2. The van der Waals surface area contributed by atoms with Crippen LogP contribution in [0.3, 0.4) is 0 Å². The molecule has 0 saturated carbocycles. The van der Waals surface area contributed by atoms with Crippen LogP contribution in [0.5, 0.6) is 0 Å². The largest absolute Gasteiger partial charge is 0.416 e. The number of carbonyl (C=O) groups is 2. The number of hydrogen-bond acceptors (Lipinski definition) is 2. The van der Waals surface area contributed by atoms with Crippen LogP contribution in [0.2, 0.25) is 0 Å². The fourth-order valence-electron chi connectivity index (χ4n) is 2.87. The molecule has 1 aromatic carbocycles. The Morgan fingerprint density at radius 3 is 2.50 bits per heavy atom. The van der Waals surface area contributed by atoms with E-state index in [1.807, 2.05) is 0 Å². The van der Waals surface area contributed by atoms with Crippen LogP contribution in [0.15, 0.2) is 18.2 Å². The topological polar surface area (TPSA) is 40.6 Å². The fraction of sp³-hybridized carbons (Fsp3) is 0.474. The minimum Gasteiger partial charge on any atom is -0.322 e. The molecule has 1 heterocycles. The minimum absolute atomic E-state index is 0.155. The van der Waals surface area contributed by atoms with Crippen molar-refractivity contribution in [3.63, 3.8) is 0 Å². The molecule has 9 heteroatoms. The second-order valence-corrected chi connectivity index (χ2v) is 8.12. The van der Waals surface area contributed by atoms with Crippen molar-refractivity contribution in [2.24, 2.45) is 5.41 Å². The number of halogens is 5. The van der Waals surface area contributed by atoms with Crippen LogP contribution < -0.4 is 4.90 Å². The van der Waals surface area contributed by atoms with Crippen molar-refractivity contribution in [2.75, 3.05) is 24.5 Å². The van der Waals surface area contributed by atoms with Gasteiger partial charge in [0.25, 0.3) is 0 Å². The van der Waals surface area contributed by atoms with Crippen LogP contribution in [0.4, 0.5) is 18.9 Å². The molecule has 2 rings (SSSR count). The van der Waals surface area contributed by atoms with Gasteiger partial charge in [-0.25, -0.2) is 0 Å². The van der Waals surface area contributed by atoms with E-state index in [1.54, 1.807) is 0 Å². The van der Waals surface area contributed by atoms with Gasteiger partial charge in [0, 0.05) is 12.2 Å². The standard InChI is InChI=1S/C19H19Cl2F3N2O2/c1-4-8-25(17(28)18(2,3)16(20)21)11-15(27)26-9-7-12-5-6-13(10-14(12)26)19(22,23)24/h1,5-6,10,16H,7-9,11H2,2-3H3. The van der Waals surface area contributed by atoms with Crippen LogP contribution in [0, 0.1) is 17.8 Å². The summed E-state index contributed by atoms with van der Waals surface area (Å²) in [4.78, 5) is 26.8. The second-order valence-electron chi connectivity index (χ2n) is 7.02. The van der Waals surface area contributed by atoms with Gasteiger partial charge in [0.2, 0.25) is 11.8 Å². The van der Waals surface area contributed by atoms with E-state index in [1.165, 1.54) is 24.8 Å². The smallest absolute Gasteiger partial charge is 0.322 e. The molecule has 0 atom stereocenters. The molecule has 0 aliphatic carbocycles. The summed E-state index contributed by atoms with van der Waals surface area (Å²) in [6, 6.07) is 3.31. The number of nitrogens with zero attached hydrogens (tertiary/aromatic N) is 2. The van der Waals surface area contributed by atoms with Gasteiger partial charge in [-0.05, 0) is 38.0 Å². The maximum atomic E-state index is 13.0. The SMILES string of the molecule is C#CCN(CC(=O)N1CCc2ccc(C(F)(F)F)cc21)C(=O)C(C)(C)C(Cl)Cl. The maximum Gasteiger partial charge on any atom is 0.416 e. The zero-order valence-corrected chi connectivity index (χ0v) is 16.8. The molecular formula is C19H19Cl2F3N2O2. The summed E-state index contributed by atoms with van der Waals surface area (Å²) in [5.41, 5.74) is -1.19. The molecule has 4 nitrogen and oxygen atoms in total. The zero-order chi connectivity index (χ0) is 21.3. The van der Waals surface area contributed by atoms with Crippen molar-refractivity contribution in [1.82, 2.24) is 4.90 Å². The van der Waals surface area contributed by atoms with Gasteiger partial charge in [-0.2, -0.15) is 13.2 Å². The lowest BCUT2D eigenvalue weighted by atomic mass is 9.94. The van der Waals surface area contributed by atoms with Crippen molar-refractivity contribution < 1.29 is 22.8 Å². The summed E-state index contributed by atoms with van der Waals surface area (Å²) >= 11 is 11.7. The number of rotatable bonds is 5. The third-order valence-electron chi connectivity index (χ3n) is 4.60. The summed E-state index contributed by atoms with van der Waals surface area (Å²) in [5.74, 6) is 1.26. The first-order valence-corrected chi connectivity index (χ1v) is 9.28. The van der Waals surface area contributed by atoms with E-state index in [0.29, 0.717) is 12.0 Å². The van der Waals surface area contributed by atoms with E-state index in [-0.39, 0.29) is 25.3 Å². The first-order valence-electron chi connectivity index (χ1n) is 8.41. The lowest BCUT2D eigenvalue weighted by Gasteiger charge is -2.32. The molecule has 0 bridgehead atoms. The number of alkyl halides is 5. The molecular weight excluding hydrogens is 416 g/mol. The summed E-state index contributed by atoms with van der Waals surface area (Å²) in [7, 11) is 0. The Morgan fingerprint density at radius 2 is 1.96 bits per heavy atom. The van der Waals surface area contributed by atoms with Crippen molar-refractivity contribution in [1.29, 1.82) is 0 Å². The number of hydrogen-bond donors (Lipinski definition) is 0. The summed E-state index contributed by atoms with van der Waals surface area (Å²) in [5, 5.41) is 0. The number of anilines is 1. The Hall–Kier alpha value is -1.91. The van der Waals surface area contributed by atoms with Crippen molar-refractivity contribution >= 4 is 40.7 Å². The lowest BCUT2D eigenvalue weighted by Crippen LogP contribution is -2.49. The van der Waals surface area contributed by atoms with Gasteiger partial charge in [-0.1, -0.05) is 12.0 Å². The Balaban J connectivity index is 2.25. The van der Waals surface area contributed by atoms with E-state index in [2.05, 4.69) is 5.92 Å². The molecule has 0 radical (unpaired) electrons. The average Bonchev–Trinajstić information content (AvgIpc) is 3.03. The van der Waals surface area contributed by atoms with Gasteiger partial charge in [0.1, 0.15) is 11.4 Å². The molecule has 0 spiro atoms. The van der Waals surface area contributed by atoms with E-state index < -0.39 is 33.8 Å². The van der Waals surface area contributed by atoms with Gasteiger partial charge in [0.05, 0.1) is 17.5 Å². The predicted molar refractivity (Wildman–Crippen MR) is 102 cm³/mol. The molecule has 1 aromatic rings. The summed E-state index contributed by atoms with van der Waals surface area (Å²) in [6.45, 7) is 2.73. The number of fused-ring (bicyclic) bond motifs is 1. The third kappa shape index (κ3) is 4.56. The van der Waals surface area contributed by atoms with E-state index in [9.17, 15) is 22.8 Å². The molecule has 152 valence electrons. The molecule has 1 aliphatic rings. The normalized spacial score (nSPS) is 14.0. The lowest BCUT2D eigenvalue weighted by molar-refractivity contribution is -0.141. The number of carbonyl (C=O) groups excluding carboxylic acids is 2. The molecule has 0 fully saturated rings. The van der Waals surface area contributed by atoms with E-state index in [0.717, 1.165) is 17.0 Å². The molecule has 28 heavy (non-hydrogen) atoms. The first-order chi connectivity index (χ1) is 12.9. The highest BCUT2D eigenvalue weighted by atomic mass is 35.5. The zero-order valence-electron chi connectivity index (χ0n) is 15.3. The van der Waals surface area contributed by atoms with Crippen LogP contribution in [0.1, 0.15) is 25.0 Å². The third-order valence-corrected chi connectivity index (χ3v) is 5.69. The van der Waals surface area contributed by atoms with E-state index in [4.69, 9.17) is 29.6 Å². The highest BCUT2D eigenvalue weighted by molar-refractivity contribution is 6.45. The maximum absolute atomic E-state index is 13.0. The van der Waals surface area contributed by atoms with Gasteiger partial charge in [0.15, 0.2) is 0 Å². The molecule has 2 amide bonds. The second kappa shape index (κ2) is 8.22. The molecule has 0 N–H and O–H groups in total. The highest BCUT2D eigenvalue weighted by Crippen LogP contribution is 2.36. The minimum atomic E-state index is -4.52. The quantitative estimate of drug-likeness (QED) is 0.520. The Bertz CT molecular complexity index is 816. The Labute approximate surface area is 171 Å². The van der Waals surface area contributed by atoms with Gasteiger partial charge < -0.3 is 9.80 Å². The van der Waals surface area contributed by atoms with E-state index >= 15 is 0 Å². The van der Waals surface area contributed by atoms with Crippen molar-refractivity contribution in [2.45, 2.75) is 31.3 Å². The summed E-state index contributed by atoms with van der Waals surface area (Å²) in [6.07, 6.45) is 1.21. The predicted octanol–water partition coefficient (Wildman–Crippen LogP) is 3.89. The first kappa shape index (κ1) is 22.4. The van der Waals surface area contributed by atoms with Crippen LogP contribution in [-0.2, 0) is 22.2 Å². The van der Waals surface area contributed by atoms with Gasteiger partial charge >= 0.3 is 6.18 Å². The van der Waals surface area contributed by atoms with Crippen molar-refractivity contribution in [3.8, 4) is 12.3 Å². The van der Waals surface area contributed by atoms with Crippen LogP contribution >= 0.6 is 23.2 Å². The Morgan fingerprint density at radius 1 is 1.32 bits per heavy atom. The van der Waals surface area contributed by atoms with Crippen molar-refractivity contribution in [3.05, 3.63) is 29.3 Å². The fourth-order valence-corrected chi connectivity index (χ4v) is 3.06. The van der Waals surface area contributed by atoms with Crippen LogP contribution in [-0.4, -0.2) is 41.2 Å². The summed E-state index contributed by atoms with van der Waals surface area (Å²) < 4.78 is 39.0. The molecule has 0 saturated heterocycles. The number of benzene rings is 1. The Kier molecular flexibility index (Phi) is 6.57. The number of terminal acetylenes is 1. The molecule has 0 aromatic heterocycles. The highest BCUT2D eigenvalue weighted by Gasteiger charge is 2.39. The van der Waals surface area contributed by atoms with Gasteiger partial charge in [-0.15, -0.1) is 29.6 Å². The monoisotopic (exact) mass is 434 g/mol. The molecule has 0 unspecified atom stereocenters. The molecule has 1 aliphatic heterocycles. The average molecular weight is 435 g/mol. The van der Waals surface area contributed by atoms with Crippen LogP contribution in [0.25, 0.3) is 0 Å². The van der Waals surface area contributed by atoms with Gasteiger partial charge in [-0.3, -0.25) is 9.59 Å².